The van der Waals surface area contributed by atoms with Crippen LogP contribution in [0.1, 0.15) is 44.9 Å². The van der Waals surface area contributed by atoms with E-state index in [0.29, 0.717) is 23.0 Å². The lowest BCUT2D eigenvalue weighted by Gasteiger charge is -2.02. The fourth-order valence-electron chi connectivity index (χ4n) is 1.18. The number of hydrogen-bond acceptors (Lipinski definition) is 3. The van der Waals surface area contributed by atoms with Crippen LogP contribution in [0, 0.1) is 0 Å². The monoisotopic (exact) mass is 190 g/mol. The largest absolute Gasteiger partial charge is 0.298 e. The maximum absolute atomic E-state index is 11.1. The number of rotatable bonds is 3. The van der Waals surface area contributed by atoms with Crippen LogP contribution in [-0.2, 0) is 0 Å². The van der Waals surface area contributed by atoms with Gasteiger partial charge >= 0.3 is 0 Å². The van der Waals surface area contributed by atoms with Gasteiger partial charge in [0, 0.05) is 16.7 Å². The van der Waals surface area contributed by atoms with E-state index in [0.717, 1.165) is 0 Å². The minimum Gasteiger partial charge on any atom is -0.298 e. The summed E-state index contributed by atoms with van der Waals surface area (Å²) in [5, 5.41) is 0. The molecule has 0 radical (unpaired) electrons. The van der Waals surface area contributed by atoms with Crippen molar-refractivity contribution in [2.24, 2.45) is 0 Å². The summed E-state index contributed by atoms with van der Waals surface area (Å²) in [7, 11) is 0. The number of carbonyl (C=O) groups excluding carboxylic acids is 3. The molecule has 0 saturated heterocycles. The van der Waals surface area contributed by atoms with Crippen molar-refractivity contribution in [3.8, 4) is 0 Å². The van der Waals surface area contributed by atoms with Gasteiger partial charge in [0.15, 0.2) is 17.9 Å². The molecule has 0 fully saturated rings. The van der Waals surface area contributed by atoms with Crippen molar-refractivity contribution in [1.82, 2.24) is 0 Å². The fraction of sp³-hybridized carbons (Fsp3) is 0.182. The quantitative estimate of drug-likeness (QED) is 0.540. The number of benzene rings is 1. The van der Waals surface area contributed by atoms with Gasteiger partial charge in [-0.3, -0.25) is 14.4 Å². The Hall–Kier alpha value is -1.77. The van der Waals surface area contributed by atoms with Gasteiger partial charge in [0.25, 0.3) is 0 Å². The zero-order valence-corrected chi connectivity index (χ0v) is 8.03. The highest BCUT2D eigenvalue weighted by molar-refractivity contribution is 6.04. The van der Waals surface area contributed by atoms with Crippen LogP contribution >= 0.6 is 0 Å². The molecule has 14 heavy (non-hydrogen) atoms. The molecule has 0 N–H and O–H groups in total. The van der Waals surface area contributed by atoms with E-state index in [-0.39, 0.29) is 11.6 Å². The Labute approximate surface area is 81.7 Å². The van der Waals surface area contributed by atoms with E-state index in [9.17, 15) is 14.4 Å². The van der Waals surface area contributed by atoms with Gasteiger partial charge in [-0.05, 0) is 19.9 Å². The number of hydrogen-bond donors (Lipinski definition) is 0. The molecule has 0 spiro atoms. The predicted molar refractivity (Wildman–Crippen MR) is 51.8 cm³/mol. The molecule has 0 aliphatic rings. The van der Waals surface area contributed by atoms with Crippen molar-refractivity contribution in [3.05, 3.63) is 34.9 Å². The number of aldehydes is 1. The highest BCUT2D eigenvalue weighted by Gasteiger charge is 2.09. The van der Waals surface area contributed by atoms with Gasteiger partial charge in [-0.1, -0.05) is 12.1 Å². The third kappa shape index (κ3) is 1.93. The Balaban J connectivity index is 3.34. The highest BCUT2D eigenvalue weighted by Crippen LogP contribution is 2.11. The van der Waals surface area contributed by atoms with Gasteiger partial charge in [-0.2, -0.15) is 0 Å². The first-order valence-electron chi connectivity index (χ1n) is 4.17. The maximum Gasteiger partial charge on any atom is 0.160 e. The summed E-state index contributed by atoms with van der Waals surface area (Å²) < 4.78 is 0. The average molecular weight is 190 g/mol. The van der Waals surface area contributed by atoms with Crippen LogP contribution in [0.4, 0.5) is 0 Å². The van der Waals surface area contributed by atoms with Crippen molar-refractivity contribution in [1.29, 1.82) is 0 Å². The van der Waals surface area contributed by atoms with Gasteiger partial charge in [0.1, 0.15) is 0 Å². The summed E-state index contributed by atoms with van der Waals surface area (Å²) in [6, 6.07) is 4.48. The minimum absolute atomic E-state index is 0.120. The molecule has 0 unspecified atom stereocenters. The summed E-state index contributed by atoms with van der Waals surface area (Å²) in [5.74, 6) is -0.333. The summed E-state index contributed by atoms with van der Waals surface area (Å²) in [6.07, 6.45) is 0.612. The Morgan fingerprint density at radius 1 is 1.14 bits per heavy atom. The molecule has 0 saturated carbocycles. The normalized spacial score (nSPS) is 9.57. The van der Waals surface area contributed by atoms with Crippen LogP contribution in [0.15, 0.2) is 18.2 Å². The fourth-order valence-corrected chi connectivity index (χ4v) is 1.18. The molecular weight excluding hydrogens is 180 g/mol. The first-order valence-corrected chi connectivity index (χ1v) is 4.17. The molecule has 0 amide bonds. The van der Waals surface area contributed by atoms with Gasteiger partial charge in [0.05, 0.1) is 0 Å². The van der Waals surface area contributed by atoms with E-state index in [1.165, 1.54) is 26.0 Å². The molecular formula is C11H10O3. The molecule has 1 aromatic carbocycles. The lowest BCUT2D eigenvalue weighted by Crippen LogP contribution is -2.02. The number of carbonyl (C=O) groups is 3. The maximum atomic E-state index is 11.1. The Bertz CT molecular complexity index is 405. The average Bonchev–Trinajstić information content (AvgIpc) is 2.16. The molecule has 0 aliphatic heterocycles. The zero-order chi connectivity index (χ0) is 10.7. The molecule has 0 atom stereocenters. The SMILES string of the molecule is CC(=O)c1ccc(C=O)c(C(C)=O)c1. The zero-order valence-electron chi connectivity index (χ0n) is 8.03. The Kier molecular flexibility index (Phi) is 2.92. The predicted octanol–water partition coefficient (Wildman–Crippen LogP) is 1.90. The van der Waals surface area contributed by atoms with Gasteiger partial charge in [-0.15, -0.1) is 0 Å². The van der Waals surface area contributed by atoms with E-state index in [1.54, 1.807) is 6.07 Å². The van der Waals surface area contributed by atoms with Crippen LogP contribution in [-0.4, -0.2) is 17.9 Å². The van der Waals surface area contributed by atoms with Crippen LogP contribution in [0.5, 0.6) is 0 Å². The molecule has 0 heterocycles. The standard InChI is InChI=1S/C11H10O3/c1-7(13)9-3-4-10(6-12)11(5-9)8(2)14/h3-6H,1-2H3. The minimum atomic E-state index is -0.213. The van der Waals surface area contributed by atoms with E-state index in [4.69, 9.17) is 0 Å². The molecule has 0 aromatic heterocycles. The molecule has 0 bridgehead atoms. The molecule has 1 rings (SSSR count). The Morgan fingerprint density at radius 3 is 2.21 bits per heavy atom. The Morgan fingerprint density at radius 2 is 1.79 bits per heavy atom. The van der Waals surface area contributed by atoms with Crippen molar-refractivity contribution in [3.63, 3.8) is 0 Å². The first-order chi connectivity index (χ1) is 6.56. The molecule has 0 aliphatic carbocycles. The second-order valence-corrected chi connectivity index (χ2v) is 3.03. The lowest BCUT2D eigenvalue weighted by molar-refractivity contribution is 0.100. The summed E-state index contributed by atoms with van der Waals surface area (Å²) >= 11 is 0. The highest BCUT2D eigenvalue weighted by atomic mass is 16.1. The van der Waals surface area contributed by atoms with E-state index >= 15 is 0 Å². The summed E-state index contributed by atoms with van der Waals surface area (Å²) in [5.41, 5.74) is 1.07. The van der Waals surface area contributed by atoms with E-state index in [1.807, 2.05) is 0 Å². The number of Topliss-reactive ketones (excluding diaryl/α,β-unsaturated/α-hetero) is 2. The third-order valence-electron chi connectivity index (χ3n) is 1.97. The van der Waals surface area contributed by atoms with Gasteiger partial charge < -0.3 is 0 Å². The first kappa shape index (κ1) is 10.3. The number of ketones is 2. The molecule has 1 aromatic rings. The van der Waals surface area contributed by atoms with Crippen molar-refractivity contribution >= 4 is 17.9 Å². The lowest BCUT2D eigenvalue weighted by atomic mass is 10.0. The smallest absolute Gasteiger partial charge is 0.160 e. The van der Waals surface area contributed by atoms with Crippen molar-refractivity contribution in [2.75, 3.05) is 0 Å². The second kappa shape index (κ2) is 3.96. The molecule has 3 heteroatoms. The topological polar surface area (TPSA) is 51.2 Å². The molecule has 3 nitrogen and oxygen atoms in total. The van der Waals surface area contributed by atoms with Crippen LogP contribution in [0.3, 0.4) is 0 Å². The van der Waals surface area contributed by atoms with Gasteiger partial charge in [-0.25, -0.2) is 0 Å². The van der Waals surface area contributed by atoms with Crippen LogP contribution < -0.4 is 0 Å². The third-order valence-corrected chi connectivity index (χ3v) is 1.97. The molecule has 72 valence electrons. The van der Waals surface area contributed by atoms with Gasteiger partial charge in [0.2, 0.25) is 0 Å². The van der Waals surface area contributed by atoms with Crippen LogP contribution in [0.25, 0.3) is 0 Å². The van der Waals surface area contributed by atoms with Crippen molar-refractivity contribution < 1.29 is 14.4 Å². The summed E-state index contributed by atoms with van der Waals surface area (Å²) in [4.78, 5) is 32.7. The van der Waals surface area contributed by atoms with Crippen LogP contribution in [0.2, 0.25) is 0 Å². The van der Waals surface area contributed by atoms with E-state index in [2.05, 4.69) is 0 Å². The second-order valence-electron chi connectivity index (χ2n) is 3.03. The summed E-state index contributed by atoms with van der Waals surface area (Å²) in [6.45, 7) is 2.78. The van der Waals surface area contributed by atoms with E-state index < -0.39 is 0 Å². The van der Waals surface area contributed by atoms with Crippen molar-refractivity contribution in [2.45, 2.75) is 13.8 Å².